The molecule has 0 radical (unpaired) electrons. The Balaban J connectivity index is 2.66. The molecule has 0 bridgehead atoms. The minimum atomic E-state index is -0.880. The van der Waals surface area contributed by atoms with Crippen LogP contribution in [0.4, 0.5) is 0 Å². The van der Waals surface area contributed by atoms with Crippen LogP contribution in [0.1, 0.15) is 13.3 Å². The number of benzene rings is 1. The minimum absolute atomic E-state index is 0.0262. The first-order valence-corrected chi connectivity index (χ1v) is 5.69. The van der Waals surface area contributed by atoms with Crippen LogP contribution >= 0.6 is 15.9 Å². The van der Waals surface area contributed by atoms with Gasteiger partial charge in [0.25, 0.3) is 0 Å². The van der Waals surface area contributed by atoms with Crippen LogP contribution in [0.15, 0.2) is 22.7 Å². The molecule has 1 aromatic carbocycles. The molecule has 0 aliphatic carbocycles. The minimum Gasteiger partial charge on any atom is -0.490 e. The molecule has 16 heavy (non-hydrogen) atoms. The van der Waals surface area contributed by atoms with Crippen molar-refractivity contribution in [2.45, 2.75) is 13.3 Å². The number of carbonyl (C=O) groups is 1. The van der Waals surface area contributed by atoms with Crippen molar-refractivity contribution in [3.05, 3.63) is 22.7 Å². The molecule has 0 aliphatic heterocycles. The van der Waals surface area contributed by atoms with E-state index in [2.05, 4.69) is 15.9 Å². The smallest absolute Gasteiger partial charge is 0.306 e. The van der Waals surface area contributed by atoms with E-state index in [0.29, 0.717) is 18.1 Å². The molecule has 5 heteroatoms. The Morgan fingerprint density at radius 1 is 1.38 bits per heavy atom. The van der Waals surface area contributed by atoms with E-state index >= 15 is 0 Å². The van der Waals surface area contributed by atoms with Gasteiger partial charge in [-0.3, -0.25) is 4.79 Å². The van der Waals surface area contributed by atoms with Gasteiger partial charge in [-0.1, -0.05) is 15.9 Å². The summed E-state index contributed by atoms with van der Waals surface area (Å²) < 4.78 is 11.6. The summed E-state index contributed by atoms with van der Waals surface area (Å²) in [4.78, 5) is 10.3. The topological polar surface area (TPSA) is 55.8 Å². The van der Waals surface area contributed by atoms with Gasteiger partial charge in [-0.05, 0) is 25.1 Å². The highest BCUT2D eigenvalue weighted by Gasteiger charge is 2.06. The fraction of sp³-hybridized carbons (Fsp3) is 0.364. The van der Waals surface area contributed by atoms with Crippen molar-refractivity contribution in [3.63, 3.8) is 0 Å². The molecule has 0 spiro atoms. The first kappa shape index (κ1) is 12.8. The largest absolute Gasteiger partial charge is 0.490 e. The van der Waals surface area contributed by atoms with Crippen molar-refractivity contribution in [2.24, 2.45) is 0 Å². The summed E-state index contributed by atoms with van der Waals surface area (Å²) >= 11 is 3.33. The summed E-state index contributed by atoms with van der Waals surface area (Å²) in [5.74, 6) is 0.295. The standard InChI is InChI=1S/C11H13BrO4/c1-2-15-10-7-8(12)3-4-9(10)16-6-5-11(13)14/h3-4,7H,2,5-6H2,1H3,(H,13,14). The van der Waals surface area contributed by atoms with Crippen LogP contribution in [0.25, 0.3) is 0 Å². The first-order chi connectivity index (χ1) is 7.63. The Kier molecular flexibility index (Phi) is 5.11. The number of hydrogen-bond donors (Lipinski definition) is 1. The van der Waals surface area contributed by atoms with Crippen LogP contribution < -0.4 is 9.47 Å². The maximum Gasteiger partial charge on any atom is 0.306 e. The highest BCUT2D eigenvalue weighted by Crippen LogP contribution is 2.30. The van der Waals surface area contributed by atoms with Gasteiger partial charge in [-0.25, -0.2) is 0 Å². The monoisotopic (exact) mass is 288 g/mol. The fourth-order valence-corrected chi connectivity index (χ4v) is 1.46. The van der Waals surface area contributed by atoms with E-state index in [-0.39, 0.29) is 13.0 Å². The molecule has 0 aliphatic rings. The average Bonchev–Trinajstić information content (AvgIpc) is 2.21. The lowest BCUT2D eigenvalue weighted by Gasteiger charge is -2.11. The second-order valence-corrected chi connectivity index (χ2v) is 3.93. The molecule has 0 unspecified atom stereocenters. The number of hydrogen-bond acceptors (Lipinski definition) is 3. The molecule has 0 saturated heterocycles. The Labute approximate surface area is 102 Å². The SMILES string of the molecule is CCOc1cc(Br)ccc1OCCC(=O)O. The van der Waals surface area contributed by atoms with E-state index in [0.717, 1.165) is 4.47 Å². The van der Waals surface area contributed by atoms with Crippen molar-refractivity contribution >= 4 is 21.9 Å². The zero-order valence-corrected chi connectivity index (χ0v) is 10.5. The molecular weight excluding hydrogens is 276 g/mol. The normalized spacial score (nSPS) is 9.88. The number of aliphatic carboxylic acids is 1. The van der Waals surface area contributed by atoms with Crippen LogP contribution in [0.5, 0.6) is 11.5 Å². The van der Waals surface area contributed by atoms with E-state index in [1.54, 1.807) is 12.1 Å². The lowest BCUT2D eigenvalue weighted by atomic mass is 10.3. The lowest BCUT2D eigenvalue weighted by Crippen LogP contribution is -2.06. The number of carboxylic acids is 1. The summed E-state index contributed by atoms with van der Waals surface area (Å²) in [6.07, 6.45) is -0.0262. The van der Waals surface area contributed by atoms with Gasteiger partial charge in [0.2, 0.25) is 0 Å². The second-order valence-electron chi connectivity index (χ2n) is 3.02. The van der Waals surface area contributed by atoms with Crippen molar-refractivity contribution in [1.29, 1.82) is 0 Å². The first-order valence-electron chi connectivity index (χ1n) is 4.90. The Hall–Kier alpha value is -1.23. The van der Waals surface area contributed by atoms with Crippen molar-refractivity contribution in [3.8, 4) is 11.5 Å². The van der Waals surface area contributed by atoms with Gasteiger partial charge < -0.3 is 14.6 Å². The summed E-state index contributed by atoms with van der Waals surface area (Å²) in [5.41, 5.74) is 0. The third-order valence-corrected chi connectivity index (χ3v) is 2.27. The van der Waals surface area contributed by atoms with E-state index in [4.69, 9.17) is 14.6 Å². The zero-order chi connectivity index (χ0) is 12.0. The molecule has 0 atom stereocenters. The molecule has 0 aromatic heterocycles. The maximum atomic E-state index is 10.3. The van der Waals surface area contributed by atoms with Gasteiger partial charge in [0.15, 0.2) is 11.5 Å². The average molecular weight is 289 g/mol. The van der Waals surface area contributed by atoms with Crippen LogP contribution in [-0.2, 0) is 4.79 Å². The molecule has 4 nitrogen and oxygen atoms in total. The van der Waals surface area contributed by atoms with Gasteiger partial charge in [-0.15, -0.1) is 0 Å². The predicted octanol–water partition coefficient (Wildman–Crippen LogP) is 2.70. The van der Waals surface area contributed by atoms with Gasteiger partial charge in [-0.2, -0.15) is 0 Å². The third-order valence-electron chi connectivity index (χ3n) is 1.78. The third kappa shape index (κ3) is 4.10. The number of carboxylic acid groups (broad SMARTS) is 1. The molecule has 1 aromatic rings. The van der Waals surface area contributed by atoms with Crippen molar-refractivity contribution in [1.82, 2.24) is 0 Å². The van der Waals surface area contributed by atoms with E-state index < -0.39 is 5.97 Å². The van der Waals surface area contributed by atoms with Crippen LogP contribution in [-0.4, -0.2) is 24.3 Å². The zero-order valence-electron chi connectivity index (χ0n) is 8.90. The molecule has 0 heterocycles. The van der Waals surface area contributed by atoms with Crippen molar-refractivity contribution in [2.75, 3.05) is 13.2 Å². The van der Waals surface area contributed by atoms with Gasteiger partial charge in [0.05, 0.1) is 19.6 Å². The van der Waals surface area contributed by atoms with Gasteiger partial charge >= 0.3 is 5.97 Å². The molecule has 88 valence electrons. The summed E-state index contributed by atoms with van der Waals surface area (Å²) in [5, 5.41) is 8.49. The van der Waals surface area contributed by atoms with Crippen molar-refractivity contribution < 1.29 is 19.4 Å². The van der Waals surface area contributed by atoms with Gasteiger partial charge in [0.1, 0.15) is 0 Å². The van der Waals surface area contributed by atoms with Crippen LogP contribution in [0, 0.1) is 0 Å². The van der Waals surface area contributed by atoms with E-state index in [1.807, 2.05) is 13.0 Å². The molecule has 0 fully saturated rings. The second kappa shape index (κ2) is 6.37. The number of halogens is 1. The fourth-order valence-electron chi connectivity index (χ4n) is 1.12. The van der Waals surface area contributed by atoms with E-state index in [1.165, 1.54) is 0 Å². The molecular formula is C11H13BrO4. The Bertz CT molecular complexity index is 365. The Morgan fingerprint density at radius 3 is 2.75 bits per heavy atom. The summed E-state index contributed by atoms with van der Waals surface area (Å²) in [6, 6.07) is 5.36. The highest BCUT2D eigenvalue weighted by atomic mass is 79.9. The highest BCUT2D eigenvalue weighted by molar-refractivity contribution is 9.10. The quantitative estimate of drug-likeness (QED) is 0.874. The molecule has 1 rings (SSSR count). The van der Waals surface area contributed by atoms with Crippen LogP contribution in [0.2, 0.25) is 0 Å². The Morgan fingerprint density at radius 2 is 2.12 bits per heavy atom. The summed E-state index contributed by atoms with van der Waals surface area (Å²) in [6.45, 7) is 2.55. The number of rotatable bonds is 6. The molecule has 1 N–H and O–H groups in total. The number of ether oxygens (including phenoxy) is 2. The molecule has 0 saturated carbocycles. The molecule has 0 amide bonds. The predicted molar refractivity (Wildman–Crippen MR) is 63.1 cm³/mol. The van der Waals surface area contributed by atoms with Gasteiger partial charge in [0, 0.05) is 4.47 Å². The van der Waals surface area contributed by atoms with Crippen LogP contribution in [0.3, 0.4) is 0 Å². The maximum absolute atomic E-state index is 10.3. The summed E-state index contributed by atoms with van der Waals surface area (Å²) in [7, 11) is 0. The lowest BCUT2D eigenvalue weighted by molar-refractivity contribution is -0.137. The van der Waals surface area contributed by atoms with E-state index in [9.17, 15) is 4.79 Å².